The number of hydrogen-bond acceptors (Lipinski definition) is 0. The summed E-state index contributed by atoms with van der Waals surface area (Å²) in [4.78, 5) is 0. The molecule has 1 rings (SSSR count). The molecular weight excluding hydrogens is 132 g/mol. The lowest BCUT2D eigenvalue weighted by Gasteiger charge is -2.01. The van der Waals surface area contributed by atoms with Gasteiger partial charge in [0.05, 0.1) is 0 Å². The molecule has 0 aromatic heterocycles. The molecule has 0 saturated heterocycles. The van der Waals surface area contributed by atoms with E-state index in [-0.39, 0.29) is 0 Å². The number of rotatable bonds is 2. The van der Waals surface area contributed by atoms with Gasteiger partial charge in [0.1, 0.15) is 0 Å². The molecule has 0 aromatic carbocycles. The zero-order valence-electron chi connectivity index (χ0n) is 8.12. The fraction of sp³-hybridized carbons (Fsp3) is 0.636. The summed E-state index contributed by atoms with van der Waals surface area (Å²) in [6.07, 6.45) is 3.68. The van der Waals surface area contributed by atoms with Gasteiger partial charge in [0.25, 0.3) is 0 Å². The van der Waals surface area contributed by atoms with E-state index in [1.807, 2.05) is 0 Å². The quantitative estimate of drug-likeness (QED) is 0.561. The van der Waals surface area contributed by atoms with Gasteiger partial charge in [-0.15, -0.1) is 0 Å². The molecule has 11 heavy (non-hydrogen) atoms. The summed E-state index contributed by atoms with van der Waals surface area (Å²) in [5.74, 6) is 0. The lowest BCUT2D eigenvalue weighted by atomic mass is 10.0. The fourth-order valence-electron chi connectivity index (χ4n) is 2.05. The number of allylic oxidation sites excluding steroid dienone is 4. The predicted octanol–water partition coefficient (Wildman–Crippen LogP) is 3.84. The molecule has 0 aliphatic heterocycles. The van der Waals surface area contributed by atoms with Gasteiger partial charge in [-0.1, -0.05) is 25.0 Å². The maximum absolute atomic E-state index is 2.27. The van der Waals surface area contributed by atoms with E-state index in [4.69, 9.17) is 0 Å². The Balaban J connectivity index is 2.89. The Morgan fingerprint density at radius 1 is 1.09 bits per heavy atom. The largest absolute Gasteiger partial charge is 0.0658 e. The van der Waals surface area contributed by atoms with Crippen molar-refractivity contribution in [1.82, 2.24) is 0 Å². The molecule has 1 aliphatic rings. The smallest absolute Gasteiger partial charge is 0.00996 e. The Bertz CT molecular complexity index is 216. The van der Waals surface area contributed by atoms with Crippen LogP contribution in [-0.4, -0.2) is 0 Å². The van der Waals surface area contributed by atoms with Crippen molar-refractivity contribution in [3.63, 3.8) is 0 Å². The van der Waals surface area contributed by atoms with Crippen LogP contribution in [0.5, 0.6) is 0 Å². The van der Waals surface area contributed by atoms with Gasteiger partial charge >= 0.3 is 0 Å². The minimum absolute atomic E-state index is 1.21. The van der Waals surface area contributed by atoms with Crippen LogP contribution in [0, 0.1) is 0 Å². The molecule has 0 nitrogen and oxygen atoms in total. The van der Waals surface area contributed by atoms with E-state index in [1.54, 1.807) is 22.3 Å². The highest BCUT2D eigenvalue weighted by molar-refractivity contribution is 5.45. The van der Waals surface area contributed by atoms with Gasteiger partial charge in [-0.3, -0.25) is 0 Å². The molecule has 0 amide bonds. The van der Waals surface area contributed by atoms with Crippen molar-refractivity contribution in [2.45, 2.75) is 47.0 Å². The minimum Gasteiger partial charge on any atom is -0.0658 e. The topological polar surface area (TPSA) is 0 Å². The Morgan fingerprint density at radius 2 is 1.73 bits per heavy atom. The highest BCUT2D eigenvalue weighted by atomic mass is 14.2. The molecule has 0 fully saturated rings. The van der Waals surface area contributed by atoms with E-state index in [0.29, 0.717) is 0 Å². The molecule has 0 unspecified atom stereocenters. The molecule has 62 valence electrons. The molecule has 0 N–H and O–H groups in total. The van der Waals surface area contributed by atoms with Crippen molar-refractivity contribution >= 4 is 0 Å². The third-order valence-corrected chi connectivity index (χ3v) is 2.76. The first-order valence-corrected chi connectivity index (χ1v) is 4.58. The van der Waals surface area contributed by atoms with Crippen LogP contribution in [0.2, 0.25) is 0 Å². The van der Waals surface area contributed by atoms with Crippen LogP contribution < -0.4 is 0 Å². The van der Waals surface area contributed by atoms with Gasteiger partial charge in [-0.2, -0.15) is 0 Å². The monoisotopic (exact) mass is 150 g/mol. The van der Waals surface area contributed by atoms with Gasteiger partial charge in [0.2, 0.25) is 0 Å². The maximum Gasteiger partial charge on any atom is -0.00996 e. The van der Waals surface area contributed by atoms with Crippen LogP contribution in [0.4, 0.5) is 0 Å². The lowest BCUT2D eigenvalue weighted by molar-refractivity contribution is 1.00. The average molecular weight is 150 g/mol. The van der Waals surface area contributed by atoms with Crippen molar-refractivity contribution in [3.8, 4) is 0 Å². The van der Waals surface area contributed by atoms with Crippen LogP contribution in [0.15, 0.2) is 22.3 Å². The van der Waals surface area contributed by atoms with Gasteiger partial charge < -0.3 is 0 Å². The minimum atomic E-state index is 1.21. The molecular formula is C11H18. The van der Waals surface area contributed by atoms with E-state index in [9.17, 15) is 0 Å². The van der Waals surface area contributed by atoms with E-state index >= 15 is 0 Å². The van der Waals surface area contributed by atoms with Crippen molar-refractivity contribution in [3.05, 3.63) is 22.3 Å². The predicted molar refractivity (Wildman–Crippen MR) is 50.6 cm³/mol. The summed E-state index contributed by atoms with van der Waals surface area (Å²) in [6, 6.07) is 0. The van der Waals surface area contributed by atoms with Gasteiger partial charge in [0, 0.05) is 0 Å². The standard InChI is InChI=1S/C11H18/c1-5-10-7-8(3)11(6-2)9(10)4/h5-7H2,1-4H3. The van der Waals surface area contributed by atoms with E-state index < -0.39 is 0 Å². The molecule has 0 saturated carbocycles. The van der Waals surface area contributed by atoms with E-state index in [1.165, 1.54) is 19.3 Å². The van der Waals surface area contributed by atoms with Crippen LogP contribution in [0.1, 0.15) is 47.0 Å². The third kappa shape index (κ3) is 1.40. The zero-order valence-corrected chi connectivity index (χ0v) is 8.12. The van der Waals surface area contributed by atoms with Gasteiger partial charge in [-0.05, 0) is 44.3 Å². The van der Waals surface area contributed by atoms with Crippen LogP contribution in [0.25, 0.3) is 0 Å². The van der Waals surface area contributed by atoms with Crippen molar-refractivity contribution in [2.75, 3.05) is 0 Å². The SMILES string of the molecule is CCC1=C(C)C(CC)=C(C)C1. The first-order valence-electron chi connectivity index (χ1n) is 4.58. The second-order valence-corrected chi connectivity index (χ2v) is 3.37. The molecule has 1 aliphatic carbocycles. The number of hydrogen-bond donors (Lipinski definition) is 0. The molecule has 0 aromatic rings. The molecule has 0 heteroatoms. The van der Waals surface area contributed by atoms with E-state index in [2.05, 4.69) is 27.7 Å². The van der Waals surface area contributed by atoms with Crippen molar-refractivity contribution in [2.24, 2.45) is 0 Å². The second-order valence-electron chi connectivity index (χ2n) is 3.37. The maximum atomic E-state index is 2.27. The highest BCUT2D eigenvalue weighted by Crippen LogP contribution is 2.34. The Kier molecular flexibility index (Phi) is 2.53. The second kappa shape index (κ2) is 3.25. The van der Waals surface area contributed by atoms with Gasteiger partial charge in [-0.25, -0.2) is 0 Å². The average Bonchev–Trinajstić information content (AvgIpc) is 2.26. The first kappa shape index (κ1) is 8.58. The molecule has 0 atom stereocenters. The van der Waals surface area contributed by atoms with Gasteiger partial charge in [0.15, 0.2) is 0 Å². The summed E-state index contributed by atoms with van der Waals surface area (Å²) >= 11 is 0. The third-order valence-electron chi connectivity index (χ3n) is 2.76. The van der Waals surface area contributed by atoms with Crippen LogP contribution in [0.3, 0.4) is 0 Å². The Labute approximate surface area is 70.0 Å². The Hall–Kier alpha value is -0.520. The summed E-state index contributed by atoms with van der Waals surface area (Å²) in [7, 11) is 0. The summed E-state index contributed by atoms with van der Waals surface area (Å²) in [6.45, 7) is 9.05. The molecule has 0 heterocycles. The van der Waals surface area contributed by atoms with Crippen molar-refractivity contribution in [1.29, 1.82) is 0 Å². The molecule has 0 bridgehead atoms. The normalized spacial score (nSPS) is 18.5. The summed E-state index contributed by atoms with van der Waals surface area (Å²) in [5, 5.41) is 0. The van der Waals surface area contributed by atoms with Crippen molar-refractivity contribution < 1.29 is 0 Å². The first-order chi connectivity index (χ1) is 5.20. The lowest BCUT2D eigenvalue weighted by Crippen LogP contribution is -1.81. The zero-order chi connectivity index (χ0) is 8.43. The molecule has 0 spiro atoms. The fourth-order valence-corrected chi connectivity index (χ4v) is 2.05. The Morgan fingerprint density at radius 3 is 2.00 bits per heavy atom. The van der Waals surface area contributed by atoms with Crippen LogP contribution in [-0.2, 0) is 0 Å². The van der Waals surface area contributed by atoms with Crippen LogP contribution >= 0.6 is 0 Å². The van der Waals surface area contributed by atoms with E-state index in [0.717, 1.165) is 0 Å². The summed E-state index contributed by atoms with van der Waals surface area (Å²) in [5.41, 5.74) is 6.44. The highest BCUT2D eigenvalue weighted by Gasteiger charge is 2.15. The summed E-state index contributed by atoms with van der Waals surface area (Å²) < 4.78 is 0. The molecule has 0 radical (unpaired) electrons.